The minimum Gasteiger partial charge on any atom is -0.465 e. The maximum atomic E-state index is 14.1. The number of esters is 2. The maximum absolute atomic E-state index is 14.1. The number of halogens is 1. The molecule has 0 spiro atoms. The number of benzene rings is 2. The Bertz CT molecular complexity index is 994. The van der Waals surface area contributed by atoms with Crippen molar-refractivity contribution in [3.8, 4) is 11.8 Å². The minimum atomic E-state index is -0.691. The largest absolute Gasteiger partial charge is 0.465 e. The first-order valence-corrected chi connectivity index (χ1v) is 9.48. The number of hydrogen-bond acceptors (Lipinski definition) is 7. The lowest BCUT2D eigenvalue weighted by Gasteiger charge is -2.36. The van der Waals surface area contributed by atoms with E-state index in [9.17, 15) is 19.2 Å². The summed E-state index contributed by atoms with van der Waals surface area (Å²) in [7, 11) is 1.22. The highest BCUT2D eigenvalue weighted by Gasteiger charge is 2.20. The summed E-state index contributed by atoms with van der Waals surface area (Å²) in [6.07, 6.45) is 0. The van der Waals surface area contributed by atoms with E-state index in [0.29, 0.717) is 12.1 Å². The molecule has 30 heavy (non-hydrogen) atoms. The Hall–Kier alpha value is -3.44. The molecule has 0 saturated carbocycles. The first kappa shape index (κ1) is 21.3. The Morgan fingerprint density at radius 3 is 2.47 bits per heavy atom. The monoisotopic (exact) mass is 411 g/mol. The first-order chi connectivity index (χ1) is 14.4. The fourth-order valence-corrected chi connectivity index (χ4v) is 3.39. The fourth-order valence-electron chi connectivity index (χ4n) is 3.39. The molecule has 0 atom stereocenters. The summed E-state index contributed by atoms with van der Waals surface area (Å²) in [5.41, 5.74) is 1.89. The lowest BCUT2D eigenvalue weighted by Crippen LogP contribution is -2.46. The molecule has 156 valence electrons. The van der Waals surface area contributed by atoms with Crippen molar-refractivity contribution in [3.63, 3.8) is 0 Å². The number of anilines is 1. The lowest BCUT2D eigenvalue weighted by atomic mass is 10.1. The van der Waals surface area contributed by atoms with Crippen molar-refractivity contribution in [2.75, 3.05) is 38.2 Å². The van der Waals surface area contributed by atoms with Crippen LogP contribution in [0.15, 0.2) is 36.4 Å². The van der Waals surface area contributed by atoms with Crippen molar-refractivity contribution in [2.45, 2.75) is 13.5 Å². The summed E-state index contributed by atoms with van der Waals surface area (Å²) >= 11 is 0. The van der Waals surface area contributed by atoms with Gasteiger partial charge in [0.2, 0.25) is 0 Å². The number of piperazine rings is 1. The van der Waals surface area contributed by atoms with Gasteiger partial charge in [0.15, 0.2) is 5.75 Å². The second-order valence-corrected chi connectivity index (χ2v) is 6.95. The molecule has 1 aliphatic rings. The van der Waals surface area contributed by atoms with Crippen molar-refractivity contribution in [2.24, 2.45) is 0 Å². The summed E-state index contributed by atoms with van der Waals surface area (Å²) < 4.78 is 23.8. The number of ether oxygens (including phenoxy) is 2. The molecule has 7 nitrogen and oxygen atoms in total. The molecule has 1 heterocycles. The topological polar surface area (TPSA) is 82.9 Å². The van der Waals surface area contributed by atoms with Crippen LogP contribution in [-0.2, 0) is 16.1 Å². The van der Waals surface area contributed by atoms with Gasteiger partial charge in [-0.25, -0.2) is 9.18 Å². The zero-order valence-electron chi connectivity index (χ0n) is 16.9. The van der Waals surface area contributed by atoms with E-state index in [2.05, 4.69) is 14.5 Å². The Morgan fingerprint density at radius 1 is 1.13 bits per heavy atom. The van der Waals surface area contributed by atoms with Gasteiger partial charge >= 0.3 is 11.9 Å². The fraction of sp³-hybridized carbons (Fsp3) is 0.318. The van der Waals surface area contributed by atoms with Gasteiger partial charge in [0.05, 0.1) is 18.2 Å². The highest BCUT2D eigenvalue weighted by molar-refractivity contribution is 5.89. The number of carbonyl (C=O) groups excluding carboxylic acids is 2. The molecule has 2 aromatic carbocycles. The third-order valence-electron chi connectivity index (χ3n) is 4.92. The van der Waals surface area contributed by atoms with Crippen LogP contribution in [0.1, 0.15) is 28.4 Å². The second kappa shape index (κ2) is 9.37. The quantitative estimate of drug-likeness (QED) is 0.553. The van der Waals surface area contributed by atoms with Crippen LogP contribution in [-0.4, -0.2) is 50.1 Å². The molecule has 0 aromatic heterocycles. The molecule has 0 bridgehead atoms. The smallest absolute Gasteiger partial charge is 0.340 e. The van der Waals surface area contributed by atoms with Crippen LogP contribution in [0, 0.1) is 17.1 Å². The molecule has 1 aliphatic heterocycles. The third kappa shape index (κ3) is 4.93. The molecule has 1 saturated heterocycles. The van der Waals surface area contributed by atoms with E-state index in [1.807, 2.05) is 12.1 Å². The van der Waals surface area contributed by atoms with Crippen molar-refractivity contribution in [1.29, 1.82) is 5.26 Å². The highest BCUT2D eigenvalue weighted by atomic mass is 19.1. The molecule has 0 unspecified atom stereocenters. The van der Waals surface area contributed by atoms with Crippen LogP contribution in [0.2, 0.25) is 0 Å². The zero-order valence-corrected chi connectivity index (χ0v) is 16.9. The third-order valence-corrected chi connectivity index (χ3v) is 4.92. The van der Waals surface area contributed by atoms with Crippen molar-refractivity contribution in [1.82, 2.24) is 4.90 Å². The highest BCUT2D eigenvalue weighted by Crippen LogP contribution is 2.27. The van der Waals surface area contributed by atoms with E-state index in [-0.39, 0.29) is 11.3 Å². The van der Waals surface area contributed by atoms with Gasteiger partial charge in [0.25, 0.3) is 0 Å². The van der Waals surface area contributed by atoms with Gasteiger partial charge in [0.1, 0.15) is 11.9 Å². The Morgan fingerprint density at radius 2 is 1.87 bits per heavy atom. The van der Waals surface area contributed by atoms with Gasteiger partial charge in [-0.3, -0.25) is 9.69 Å². The van der Waals surface area contributed by atoms with E-state index in [1.165, 1.54) is 26.2 Å². The number of carbonyl (C=O) groups is 2. The summed E-state index contributed by atoms with van der Waals surface area (Å²) in [5.74, 6) is -1.50. The van der Waals surface area contributed by atoms with E-state index in [0.717, 1.165) is 37.4 Å². The number of nitrogens with zero attached hydrogens (tertiary/aromatic N) is 3. The first-order valence-electron chi connectivity index (χ1n) is 9.48. The van der Waals surface area contributed by atoms with Crippen LogP contribution in [0.25, 0.3) is 0 Å². The van der Waals surface area contributed by atoms with Gasteiger partial charge < -0.3 is 14.4 Å². The molecule has 0 radical (unpaired) electrons. The van der Waals surface area contributed by atoms with E-state index < -0.39 is 17.8 Å². The maximum Gasteiger partial charge on any atom is 0.340 e. The van der Waals surface area contributed by atoms with Crippen molar-refractivity contribution < 1.29 is 23.5 Å². The molecule has 8 heteroatoms. The van der Waals surface area contributed by atoms with Crippen molar-refractivity contribution in [3.05, 3.63) is 58.9 Å². The normalized spacial score (nSPS) is 14.1. The molecular formula is C22H22FN3O4. The molecule has 3 rings (SSSR count). The second-order valence-electron chi connectivity index (χ2n) is 6.95. The summed E-state index contributed by atoms with van der Waals surface area (Å²) in [6.45, 7) is 4.83. The molecule has 2 aromatic rings. The van der Waals surface area contributed by atoms with E-state index in [1.54, 1.807) is 18.2 Å². The van der Waals surface area contributed by atoms with E-state index in [4.69, 9.17) is 4.74 Å². The van der Waals surface area contributed by atoms with Crippen LogP contribution >= 0.6 is 0 Å². The van der Waals surface area contributed by atoms with Gasteiger partial charge in [0, 0.05) is 51.4 Å². The predicted octanol–water partition coefficient (Wildman–Crippen LogP) is 2.73. The van der Waals surface area contributed by atoms with Gasteiger partial charge in [-0.2, -0.15) is 5.26 Å². The van der Waals surface area contributed by atoms with Gasteiger partial charge in [-0.15, -0.1) is 0 Å². The van der Waals surface area contributed by atoms with Gasteiger partial charge in [-0.1, -0.05) is 6.07 Å². The number of methoxy groups -OCH3 is 1. The average molecular weight is 411 g/mol. The number of hydrogen-bond donors (Lipinski definition) is 0. The molecule has 0 N–H and O–H groups in total. The molecule has 1 fully saturated rings. The summed E-state index contributed by atoms with van der Waals surface area (Å²) in [6, 6.07) is 11.7. The molecule has 0 amide bonds. The molecule has 0 aliphatic carbocycles. The Kier molecular flexibility index (Phi) is 6.65. The average Bonchev–Trinajstić information content (AvgIpc) is 2.73. The Labute approximate surface area is 174 Å². The van der Waals surface area contributed by atoms with Crippen LogP contribution < -0.4 is 9.64 Å². The number of nitriles is 1. The van der Waals surface area contributed by atoms with Crippen LogP contribution in [0.4, 0.5) is 10.1 Å². The standard InChI is InChI=1S/C22H22FN3O4/c1-15(27)30-21-12-18(5-4-17(21)13-24)26-9-7-25(8-10-26)14-16-3-6-19(20(23)11-16)22(28)29-2/h3-6,11-12H,7-10,14H2,1-2H3. The lowest BCUT2D eigenvalue weighted by molar-refractivity contribution is -0.131. The minimum absolute atomic E-state index is 0.0736. The molecular weight excluding hydrogens is 389 g/mol. The predicted molar refractivity (Wildman–Crippen MR) is 108 cm³/mol. The Balaban J connectivity index is 1.63. The number of rotatable bonds is 5. The van der Waals surface area contributed by atoms with Crippen molar-refractivity contribution >= 4 is 17.6 Å². The van der Waals surface area contributed by atoms with Gasteiger partial charge in [-0.05, 0) is 29.8 Å². The summed E-state index contributed by atoms with van der Waals surface area (Å²) in [5, 5.41) is 9.17. The van der Waals surface area contributed by atoms with Crippen LogP contribution in [0.3, 0.4) is 0 Å². The van der Waals surface area contributed by atoms with Crippen LogP contribution in [0.5, 0.6) is 5.75 Å². The SMILES string of the molecule is COC(=O)c1ccc(CN2CCN(c3ccc(C#N)c(OC(C)=O)c3)CC2)cc1F. The summed E-state index contributed by atoms with van der Waals surface area (Å²) in [4.78, 5) is 27.1. The van der Waals surface area contributed by atoms with E-state index >= 15 is 0 Å². The zero-order chi connectivity index (χ0) is 21.7.